The highest BCUT2D eigenvalue weighted by Gasteiger charge is 2.29. The topological polar surface area (TPSA) is 54.2 Å². The molecule has 2 N–H and O–H groups in total. The molecular weight excluding hydrogens is 367 g/mol. The normalized spacial score (nSPS) is 12.4. The van der Waals surface area contributed by atoms with Crippen LogP contribution in [0.3, 0.4) is 0 Å². The predicted molar refractivity (Wildman–Crippen MR) is 104 cm³/mol. The van der Waals surface area contributed by atoms with Crippen LogP contribution in [0.25, 0.3) is 11.0 Å². The van der Waals surface area contributed by atoms with E-state index in [0.717, 1.165) is 29.0 Å². The van der Waals surface area contributed by atoms with Crippen LogP contribution in [-0.4, -0.2) is 22.1 Å². The maximum absolute atomic E-state index is 12.6. The molecular formula is C20H22F3N5. The van der Waals surface area contributed by atoms with Gasteiger partial charge in [-0.05, 0) is 36.8 Å². The lowest BCUT2D eigenvalue weighted by Gasteiger charge is -2.11. The van der Waals surface area contributed by atoms with E-state index in [2.05, 4.69) is 20.6 Å². The number of imidazole rings is 1. The van der Waals surface area contributed by atoms with E-state index < -0.39 is 11.7 Å². The summed E-state index contributed by atoms with van der Waals surface area (Å²) in [5.74, 6) is 1.44. The summed E-state index contributed by atoms with van der Waals surface area (Å²) in [6.45, 7) is 3.37. The molecule has 1 heterocycles. The highest BCUT2D eigenvalue weighted by molar-refractivity contribution is 5.80. The van der Waals surface area contributed by atoms with Gasteiger partial charge in [0.05, 0.1) is 29.7 Å². The number of aliphatic imine (C=N–C) groups is 1. The van der Waals surface area contributed by atoms with Gasteiger partial charge in [0.15, 0.2) is 5.96 Å². The molecule has 0 amide bonds. The molecule has 2 aromatic carbocycles. The van der Waals surface area contributed by atoms with Crippen LogP contribution in [0.15, 0.2) is 53.5 Å². The molecule has 148 valence electrons. The van der Waals surface area contributed by atoms with Crippen LogP contribution in [0, 0.1) is 0 Å². The Morgan fingerprint density at radius 3 is 2.43 bits per heavy atom. The third kappa shape index (κ3) is 4.62. The molecule has 0 spiro atoms. The van der Waals surface area contributed by atoms with Gasteiger partial charge in [-0.3, -0.25) is 0 Å². The van der Waals surface area contributed by atoms with Crippen LogP contribution in [0.2, 0.25) is 0 Å². The van der Waals surface area contributed by atoms with Gasteiger partial charge in [-0.25, -0.2) is 9.98 Å². The average Bonchev–Trinajstić information content (AvgIpc) is 3.00. The summed E-state index contributed by atoms with van der Waals surface area (Å²) >= 11 is 0. The smallest absolute Gasteiger partial charge is 0.357 e. The van der Waals surface area contributed by atoms with Crippen LogP contribution in [0.4, 0.5) is 13.2 Å². The second-order valence-corrected chi connectivity index (χ2v) is 6.32. The van der Waals surface area contributed by atoms with Crippen molar-refractivity contribution in [3.8, 4) is 0 Å². The van der Waals surface area contributed by atoms with Gasteiger partial charge in [-0.2, -0.15) is 13.2 Å². The molecule has 0 aliphatic carbocycles. The van der Waals surface area contributed by atoms with E-state index in [4.69, 9.17) is 0 Å². The average molecular weight is 389 g/mol. The number of hydrogen-bond donors (Lipinski definition) is 2. The van der Waals surface area contributed by atoms with Crippen LogP contribution in [0.1, 0.15) is 23.9 Å². The number of fused-ring (bicyclic) bond motifs is 1. The molecule has 0 saturated carbocycles. The van der Waals surface area contributed by atoms with Crippen molar-refractivity contribution in [3.05, 3.63) is 65.5 Å². The lowest BCUT2D eigenvalue weighted by Crippen LogP contribution is -2.37. The van der Waals surface area contributed by atoms with Gasteiger partial charge < -0.3 is 15.2 Å². The molecule has 0 saturated heterocycles. The second-order valence-electron chi connectivity index (χ2n) is 6.32. The molecule has 0 atom stereocenters. The number of hydrogen-bond acceptors (Lipinski definition) is 2. The van der Waals surface area contributed by atoms with E-state index in [1.807, 2.05) is 42.8 Å². The standard InChI is InChI=1S/C20H22F3N5/c1-3-24-19(25-12-14-8-10-15(11-9-14)20(21,22)23)26-13-18-27-16-6-4-5-7-17(16)28(18)2/h4-11H,3,12-13H2,1-2H3,(H2,24,25,26). The molecule has 3 rings (SSSR count). The molecule has 0 aliphatic rings. The lowest BCUT2D eigenvalue weighted by molar-refractivity contribution is -0.137. The van der Waals surface area contributed by atoms with Crippen LogP contribution < -0.4 is 10.6 Å². The van der Waals surface area contributed by atoms with Crippen molar-refractivity contribution < 1.29 is 13.2 Å². The number of nitrogens with one attached hydrogen (secondary N) is 2. The molecule has 0 bridgehead atoms. The van der Waals surface area contributed by atoms with Gasteiger partial charge in [-0.1, -0.05) is 24.3 Å². The molecule has 0 aliphatic heterocycles. The number of nitrogens with zero attached hydrogens (tertiary/aromatic N) is 3. The Kier molecular flexibility index (Phi) is 5.87. The van der Waals surface area contributed by atoms with E-state index in [1.54, 1.807) is 0 Å². The summed E-state index contributed by atoms with van der Waals surface area (Å²) in [5, 5.41) is 6.35. The van der Waals surface area contributed by atoms with E-state index in [9.17, 15) is 13.2 Å². The third-order valence-electron chi connectivity index (χ3n) is 4.34. The zero-order valence-electron chi connectivity index (χ0n) is 15.7. The van der Waals surface area contributed by atoms with Gasteiger partial charge in [0, 0.05) is 13.6 Å². The Hall–Kier alpha value is -3.03. The fourth-order valence-corrected chi connectivity index (χ4v) is 2.83. The number of halogens is 3. The summed E-state index contributed by atoms with van der Waals surface area (Å²) in [4.78, 5) is 9.06. The summed E-state index contributed by atoms with van der Waals surface area (Å²) in [7, 11) is 1.96. The number of rotatable bonds is 5. The first-order chi connectivity index (χ1) is 13.4. The summed E-state index contributed by atoms with van der Waals surface area (Å²) in [6.07, 6.45) is -4.33. The first-order valence-corrected chi connectivity index (χ1v) is 8.97. The summed E-state index contributed by atoms with van der Waals surface area (Å²) < 4.78 is 40.0. The van der Waals surface area contributed by atoms with Gasteiger partial charge in [0.25, 0.3) is 0 Å². The minimum absolute atomic E-state index is 0.274. The Labute approximate surface area is 161 Å². The Morgan fingerprint density at radius 2 is 1.79 bits per heavy atom. The predicted octanol–water partition coefficient (Wildman–Crippen LogP) is 3.85. The SMILES string of the molecule is CCNC(=NCc1ccc(C(F)(F)F)cc1)NCc1nc2ccccc2n1C. The fraction of sp³-hybridized carbons (Fsp3) is 0.300. The minimum Gasteiger partial charge on any atom is -0.357 e. The zero-order chi connectivity index (χ0) is 20.1. The maximum Gasteiger partial charge on any atom is 0.416 e. The lowest BCUT2D eigenvalue weighted by atomic mass is 10.1. The Morgan fingerprint density at radius 1 is 1.07 bits per heavy atom. The first-order valence-electron chi connectivity index (χ1n) is 8.97. The monoisotopic (exact) mass is 389 g/mol. The fourth-order valence-electron chi connectivity index (χ4n) is 2.83. The molecule has 1 aromatic heterocycles. The quantitative estimate of drug-likeness (QED) is 0.515. The van der Waals surface area contributed by atoms with Gasteiger partial charge in [-0.15, -0.1) is 0 Å². The second kappa shape index (κ2) is 8.33. The van der Waals surface area contributed by atoms with Crippen LogP contribution in [0.5, 0.6) is 0 Å². The molecule has 3 aromatic rings. The Bertz CT molecular complexity index is 958. The number of aromatic nitrogens is 2. The summed E-state index contributed by atoms with van der Waals surface area (Å²) in [5.41, 5.74) is 2.01. The highest BCUT2D eigenvalue weighted by Crippen LogP contribution is 2.29. The number of alkyl halides is 3. The molecule has 5 nitrogen and oxygen atoms in total. The van der Waals surface area contributed by atoms with Crippen molar-refractivity contribution in [2.45, 2.75) is 26.2 Å². The van der Waals surface area contributed by atoms with E-state index in [1.165, 1.54) is 12.1 Å². The van der Waals surface area contributed by atoms with Gasteiger partial charge in [0.1, 0.15) is 5.82 Å². The van der Waals surface area contributed by atoms with Crippen molar-refractivity contribution >= 4 is 17.0 Å². The minimum atomic E-state index is -4.33. The summed E-state index contributed by atoms with van der Waals surface area (Å²) in [6, 6.07) is 12.9. The van der Waals surface area contributed by atoms with Crippen LogP contribution >= 0.6 is 0 Å². The number of aryl methyl sites for hydroxylation is 1. The van der Waals surface area contributed by atoms with E-state index in [-0.39, 0.29) is 6.54 Å². The van der Waals surface area contributed by atoms with E-state index >= 15 is 0 Å². The third-order valence-corrected chi connectivity index (χ3v) is 4.34. The molecule has 0 unspecified atom stereocenters. The highest BCUT2D eigenvalue weighted by atomic mass is 19.4. The van der Waals surface area contributed by atoms with Crippen LogP contribution in [-0.2, 0) is 26.3 Å². The van der Waals surface area contributed by atoms with Crippen molar-refractivity contribution in [2.75, 3.05) is 6.54 Å². The van der Waals surface area contributed by atoms with Gasteiger partial charge in [0.2, 0.25) is 0 Å². The first kappa shape index (κ1) is 19.7. The van der Waals surface area contributed by atoms with Crippen molar-refractivity contribution in [1.82, 2.24) is 20.2 Å². The molecule has 8 heteroatoms. The van der Waals surface area contributed by atoms with Gasteiger partial charge >= 0.3 is 6.18 Å². The molecule has 28 heavy (non-hydrogen) atoms. The maximum atomic E-state index is 12.6. The zero-order valence-corrected chi connectivity index (χ0v) is 15.7. The number of benzene rings is 2. The number of guanidine groups is 1. The Balaban J connectivity index is 1.67. The number of para-hydroxylation sites is 2. The van der Waals surface area contributed by atoms with Crippen molar-refractivity contribution in [2.24, 2.45) is 12.0 Å². The van der Waals surface area contributed by atoms with Crippen molar-refractivity contribution in [3.63, 3.8) is 0 Å². The largest absolute Gasteiger partial charge is 0.416 e. The molecule has 0 radical (unpaired) electrons. The molecule has 0 fully saturated rings. The van der Waals surface area contributed by atoms with E-state index in [0.29, 0.717) is 24.6 Å². The van der Waals surface area contributed by atoms with Crippen molar-refractivity contribution in [1.29, 1.82) is 0 Å².